The molecule has 4 rings (SSSR count). The van der Waals surface area contributed by atoms with Crippen molar-refractivity contribution in [1.82, 2.24) is 9.97 Å². The van der Waals surface area contributed by atoms with E-state index in [1.165, 1.54) is 6.07 Å². The number of nitrogens with one attached hydrogen (secondary N) is 2. The number of ether oxygens (including phenoxy) is 1. The van der Waals surface area contributed by atoms with Gasteiger partial charge in [-0.2, -0.15) is 0 Å². The zero-order valence-corrected chi connectivity index (χ0v) is 16.6. The highest BCUT2D eigenvalue weighted by Crippen LogP contribution is 2.29. The third kappa shape index (κ3) is 4.38. The Bertz CT molecular complexity index is 1050. The fourth-order valence-corrected chi connectivity index (χ4v) is 3.31. The first kappa shape index (κ1) is 19.8. The highest BCUT2D eigenvalue weighted by atomic mass is 19.1. The number of nitrogens with zero attached hydrogens (tertiary/aromatic N) is 3. The molecule has 1 aromatic heterocycles. The molecular weight excluding hydrogens is 385 g/mol. The van der Waals surface area contributed by atoms with Crippen LogP contribution >= 0.6 is 0 Å². The van der Waals surface area contributed by atoms with Gasteiger partial charge in [0, 0.05) is 48.0 Å². The van der Waals surface area contributed by atoms with E-state index >= 15 is 0 Å². The Labute approximate surface area is 173 Å². The van der Waals surface area contributed by atoms with E-state index in [4.69, 9.17) is 4.74 Å². The summed E-state index contributed by atoms with van der Waals surface area (Å²) in [5.41, 5.74) is 2.98. The highest BCUT2D eigenvalue weighted by Gasteiger charge is 2.18. The van der Waals surface area contributed by atoms with E-state index in [1.807, 2.05) is 18.2 Å². The lowest BCUT2D eigenvalue weighted by atomic mass is 10.1. The monoisotopic (exact) mass is 407 g/mol. The van der Waals surface area contributed by atoms with E-state index in [-0.39, 0.29) is 5.82 Å². The molecule has 2 amide bonds. The second-order valence-corrected chi connectivity index (χ2v) is 6.90. The Morgan fingerprint density at radius 3 is 2.67 bits per heavy atom. The number of carbonyl (C=O) groups is 1. The molecule has 0 radical (unpaired) electrons. The summed E-state index contributed by atoms with van der Waals surface area (Å²) in [6.07, 6.45) is 3.32. The third-order valence-electron chi connectivity index (χ3n) is 4.90. The fraction of sp³-hybridized carbons (Fsp3) is 0.227. The van der Waals surface area contributed by atoms with Crippen molar-refractivity contribution < 1.29 is 13.9 Å². The third-order valence-corrected chi connectivity index (χ3v) is 4.90. The Morgan fingerprint density at radius 1 is 1.07 bits per heavy atom. The molecule has 0 atom stereocenters. The summed E-state index contributed by atoms with van der Waals surface area (Å²) in [6, 6.07) is 11.5. The van der Waals surface area contributed by atoms with Crippen molar-refractivity contribution >= 4 is 23.2 Å². The van der Waals surface area contributed by atoms with Gasteiger partial charge in [0.2, 0.25) is 0 Å². The molecule has 0 unspecified atom stereocenters. The average Bonchev–Trinajstić information content (AvgIpc) is 2.78. The molecule has 0 spiro atoms. The molecule has 30 heavy (non-hydrogen) atoms. The molecule has 2 N–H and O–H groups in total. The van der Waals surface area contributed by atoms with Crippen LogP contribution in [0.1, 0.15) is 5.56 Å². The average molecular weight is 407 g/mol. The van der Waals surface area contributed by atoms with E-state index in [1.54, 1.807) is 37.5 Å². The molecule has 2 aromatic carbocycles. The molecule has 3 aromatic rings. The van der Waals surface area contributed by atoms with Crippen LogP contribution in [0.25, 0.3) is 11.3 Å². The van der Waals surface area contributed by atoms with Gasteiger partial charge in [-0.1, -0.05) is 18.2 Å². The van der Waals surface area contributed by atoms with Gasteiger partial charge in [-0.05, 0) is 31.2 Å². The maximum absolute atomic E-state index is 13.7. The normalized spacial score (nSPS) is 13.7. The van der Waals surface area contributed by atoms with Crippen LogP contribution in [0, 0.1) is 12.7 Å². The second kappa shape index (κ2) is 8.87. The number of urea groups is 1. The van der Waals surface area contributed by atoms with Crippen molar-refractivity contribution in [2.45, 2.75) is 6.92 Å². The molecule has 0 aliphatic carbocycles. The maximum atomic E-state index is 13.7. The fourth-order valence-electron chi connectivity index (χ4n) is 3.31. The lowest BCUT2D eigenvalue weighted by Crippen LogP contribution is -2.37. The van der Waals surface area contributed by atoms with Gasteiger partial charge in [-0.3, -0.25) is 4.98 Å². The highest BCUT2D eigenvalue weighted by molar-refractivity contribution is 6.00. The van der Waals surface area contributed by atoms with Crippen LogP contribution in [0.2, 0.25) is 0 Å². The number of morpholine rings is 1. The summed E-state index contributed by atoms with van der Waals surface area (Å²) in [7, 11) is 0. The van der Waals surface area contributed by atoms with Gasteiger partial charge in [0.1, 0.15) is 11.5 Å². The Hall–Kier alpha value is -3.52. The van der Waals surface area contributed by atoms with E-state index in [0.717, 1.165) is 30.2 Å². The minimum atomic E-state index is -0.451. The Kier molecular flexibility index (Phi) is 5.85. The molecule has 1 aliphatic rings. The molecule has 1 fully saturated rings. The van der Waals surface area contributed by atoms with Crippen LogP contribution in [0.4, 0.5) is 26.4 Å². The number of halogens is 1. The maximum Gasteiger partial charge on any atom is 0.323 e. The zero-order chi connectivity index (χ0) is 20.9. The van der Waals surface area contributed by atoms with Crippen LogP contribution in [0.15, 0.2) is 54.9 Å². The van der Waals surface area contributed by atoms with Gasteiger partial charge < -0.3 is 20.3 Å². The van der Waals surface area contributed by atoms with E-state index in [0.29, 0.717) is 30.2 Å². The van der Waals surface area contributed by atoms with Crippen LogP contribution in [0.3, 0.4) is 0 Å². The summed E-state index contributed by atoms with van der Waals surface area (Å²) in [6.45, 7) is 4.42. The predicted molar refractivity (Wildman–Crippen MR) is 114 cm³/mol. The second-order valence-electron chi connectivity index (χ2n) is 6.90. The van der Waals surface area contributed by atoms with Crippen LogP contribution in [-0.4, -0.2) is 42.3 Å². The summed E-state index contributed by atoms with van der Waals surface area (Å²) in [5, 5.41) is 5.47. The molecule has 0 saturated carbocycles. The quantitative estimate of drug-likeness (QED) is 0.682. The molecular formula is C22H22FN5O2. The molecule has 1 saturated heterocycles. The number of anilines is 3. The van der Waals surface area contributed by atoms with Gasteiger partial charge in [-0.15, -0.1) is 0 Å². The first-order valence-corrected chi connectivity index (χ1v) is 9.69. The van der Waals surface area contributed by atoms with Crippen molar-refractivity contribution in [1.29, 1.82) is 0 Å². The van der Waals surface area contributed by atoms with Gasteiger partial charge in [0.25, 0.3) is 0 Å². The molecule has 8 heteroatoms. The zero-order valence-electron chi connectivity index (χ0n) is 16.6. The van der Waals surface area contributed by atoms with E-state index in [9.17, 15) is 9.18 Å². The molecule has 7 nitrogen and oxygen atoms in total. The van der Waals surface area contributed by atoms with Crippen molar-refractivity contribution in [3.63, 3.8) is 0 Å². The lowest BCUT2D eigenvalue weighted by molar-refractivity contribution is 0.122. The number of benzene rings is 2. The number of rotatable bonds is 4. The van der Waals surface area contributed by atoms with Crippen molar-refractivity contribution in [2.24, 2.45) is 0 Å². The number of carbonyl (C=O) groups excluding carboxylic acids is 1. The van der Waals surface area contributed by atoms with E-state index in [2.05, 4.69) is 25.5 Å². The smallest absolute Gasteiger partial charge is 0.323 e. The van der Waals surface area contributed by atoms with E-state index < -0.39 is 6.03 Å². The SMILES string of the molecule is Cc1c(F)cccc1NC(=O)Nc1cccc(-c2nccnc2N2CCOCC2)c1. The van der Waals surface area contributed by atoms with Crippen LogP contribution < -0.4 is 15.5 Å². The minimum absolute atomic E-state index is 0.368. The number of amides is 2. The van der Waals surface area contributed by atoms with Crippen LogP contribution in [0.5, 0.6) is 0 Å². The van der Waals surface area contributed by atoms with Crippen molar-refractivity contribution in [3.8, 4) is 11.3 Å². The Balaban J connectivity index is 1.53. The summed E-state index contributed by atoms with van der Waals surface area (Å²) < 4.78 is 19.1. The molecule has 2 heterocycles. The predicted octanol–water partition coefficient (Wildman–Crippen LogP) is 4.07. The molecule has 0 bridgehead atoms. The number of hydrogen-bond acceptors (Lipinski definition) is 5. The summed E-state index contributed by atoms with van der Waals surface area (Å²) >= 11 is 0. The number of hydrogen-bond donors (Lipinski definition) is 2. The van der Waals surface area contributed by atoms with Crippen molar-refractivity contribution in [2.75, 3.05) is 41.8 Å². The van der Waals surface area contributed by atoms with Gasteiger partial charge in [-0.25, -0.2) is 14.2 Å². The van der Waals surface area contributed by atoms with Gasteiger partial charge in [0.05, 0.1) is 13.2 Å². The van der Waals surface area contributed by atoms with Crippen molar-refractivity contribution in [3.05, 3.63) is 66.2 Å². The summed E-state index contributed by atoms with van der Waals surface area (Å²) in [4.78, 5) is 23.6. The van der Waals surface area contributed by atoms with Gasteiger partial charge >= 0.3 is 6.03 Å². The largest absolute Gasteiger partial charge is 0.378 e. The molecule has 154 valence electrons. The first-order valence-electron chi connectivity index (χ1n) is 9.69. The Morgan fingerprint density at radius 2 is 1.83 bits per heavy atom. The van der Waals surface area contributed by atoms with Crippen LogP contribution in [-0.2, 0) is 4.74 Å². The lowest BCUT2D eigenvalue weighted by Gasteiger charge is -2.28. The molecule has 1 aliphatic heterocycles. The summed E-state index contributed by atoms with van der Waals surface area (Å²) in [5.74, 6) is 0.422. The topological polar surface area (TPSA) is 79.4 Å². The number of aromatic nitrogens is 2. The van der Waals surface area contributed by atoms with Gasteiger partial charge in [0.15, 0.2) is 5.82 Å². The first-order chi connectivity index (χ1) is 14.6. The minimum Gasteiger partial charge on any atom is -0.378 e. The standard InChI is InChI=1S/C22H22FN5O2/c1-15-18(23)6-3-7-19(15)27-22(29)26-17-5-2-4-16(14-17)20-21(25-9-8-24-20)28-10-12-30-13-11-28/h2-9,14H,10-13H2,1H3,(H2,26,27,29).